The molecular formula is C27H25NO2. The molecule has 0 spiro atoms. The molecule has 3 heteroatoms. The summed E-state index contributed by atoms with van der Waals surface area (Å²) in [5, 5.41) is 4.76. The minimum absolute atomic E-state index is 0.158. The van der Waals surface area contributed by atoms with Crippen molar-refractivity contribution in [1.82, 2.24) is 5.32 Å². The van der Waals surface area contributed by atoms with Crippen LogP contribution in [0, 0.1) is 0 Å². The molecule has 0 saturated carbocycles. The summed E-state index contributed by atoms with van der Waals surface area (Å²) in [7, 11) is 0. The first-order chi connectivity index (χ1) is 14.8. The fraction of sp³-hybridized carbons (Fsp3) is 0.222. The van der Waals surface area contributed by atoms with Crippen molar-refractivity contribution < 1.29 is 4.42 Å². The Kier molecular flexibility index (Phi) is 5.20. The van der Waals surface area contributed by atoms with Crippen LogP contribution in [0.5, 0.6) is 0 Å². The highest BCUT2D eigenvalue weighted by molar-refractivity contribution is 5.82. The first-order valence-electron chi connectivity index (χ1n) is 10.7. The van der Waals surface area contributed by atoms with Crippen molar-refractivity contribution in [3.8, 4) is 0 Å². The maximum absolute atomic E-state index is 12.2. The monoisotopic (exact) mass is 395 g/mol. The van der Waals surface area contributed by atoms with Gasteiger partial charge in [0.15, 0.2) is 0 Å². The van der Waals surface area contributed by atoms with Crippen molar-refractivity contribution in [2.45, 2.75) is 38.3 Å². The van der Waals surface area contributed by atoms with E-state index in [4.69, 9.17) is 4.42 Å². The van der Waals surface area contributed by atoms with Crippen LogP contribution in [0.1, 0.15) is 40.3 Å². The van der Waals surface area contributed by atoms with E-state index in [2.05, 4.69) is 66.0 Å². The van der Waals surface area contributed by atoms with Crippen molar-refractivity contribution in [1.29, 1.82) is 0 Å². The zero-order valence-electron chi connectivity index (χ0n) is 16.9. The summed E-state index contributed by atoms with van der Waals surface area (Å²) < 4.78 is 5.53. The number of fused-ring (bicyclic) bond motifs is 2. The molecule has 1 N–H and O–H groups in total. The Labute approximate surface area is 176 Å². The molecule has 1 aromatic heterocycles. The average Bonchev–Trinajstić information content (AvgIpc) is 3.23. The van der Waals surface area contributed by atoms with E-state index < -0.39 is 0 Å². The zero-order valence-corrected chi connectivity index (χ0v) is 16.9. The van der Waals surface area contributed by atoms with Crippen molar-refractivity contribution in [2.75, 3.05) is 0 Å². The standard InChI is InChI=1S/C27H25NO2/c29-27-17-23(24-15-21-12-7-13-22(21)16-26(24)30-27)18-28-25(20-10-5-2-6-11-20)14-19-8-3-1-4-9-19/h1-6,8-11,15-17,25,28H,7,12-14,18H2. The van der Waals surface area contributed by atoms with Crippen LogP contribution in [-0.4, -0.2) is 0 Å². The van der Waals surface area contributed by atoms with E-state index in [-0.39, 0.29) is 11.7 Å². The predicted molar refractivity (Wildman–Crippen MR) is 121 cm³/mol. The van der Waals surface area contributed by atoms with Gasteiger partial charge >= 0.3 is 5.63 Å². The van der Waals surface area contributed by atoms with Gasteiger partial charge in [-0.1, -0.05) is 60.7 Å². The normalized spacial score (nSPS) is 14.0. The Balaban J connectivity index is 1.46. The second-order valence-electron chi connectivity index (χ2n) is 8.10. The Morgan fingerprint density at radius 2 is 1.57 bits per heavy atom. The molecule has 4 aromatic rings. The Bertz CT molecular complexity index is 1210. The fourth-order valence-corrected chi connectivity index (χ4v) is 4.52. The summed E-state index contributed by atoms with van der Waals surface area (Å²) in [4.78, 5) is 12.2. The smallest absolute Gasteiger partial charge is 0.336 e. The van der Waals surface area contributed by atoms with Gasteiger partial charge in [-0.05, 0) is 65.6 Å². The van der Waals surface area contributed by atoms with Gasteiger partial charge in [-0.3, -0.25) is 0 Å². The zero-order chi connectivity index (χ0) is 20.3. The summed E-state index contributed by atoms with van der Waals surface area (Å²) in [5.41, 5.74) is 6.67. The third-order valence-electron chi connectivity index (χ3n) is 6.07. The molecule has 1 aliphatic rings. The maximum Gasteiger partial charge on any atom is 0.336 e. The summed E-state index contributed by atoms with van der Waals surface area (Å²) in [5.74, 6) is 0. The molecule has 0 bridgehead atoms. The lowest BCUT2D eigenvalue weighted by atomic mass is 9.98. The first kappa shape index (κ1) is 18.8. The summed E-state index contributed by atoms with van der Waals surface area (Å²) >= 11 is 0. The molecule has 1 unspecified atom stereocenters. The fourth-order valence-electron chi connectivity index (χ4n) is 4.52. The van der Waals surface area contributed by atoms with E-state index in [1.165, 1.54) is 28.7 Å². The predicted octanol–water partition coefficient (Wildman–Crippen LogP) is 5.36. The minimum Gasteiger partial charge on any atom is -0.423 e. The van der Waals surface area contributed by atoms with E-state index in [1.54, 1.807) is 6.07 Å². The molecule has 1 heterocycles. The van der Waals surface area contributed by atoms with Crippen LogP contribution in [0.25, 0.3) is 11.0 Å². The van der Waals surface area contributed by atoms with Gasteiger partial charge in [-0.25, -0.2) is 4.79 Å². The molecule has 1 aliphatic carbocycles. The Morgan fingerprint density at radius 1 is 0.867 bits per heavy atom. The first-order valence-corrected chi connectivity index (χ1v) is 10.7. The van der Waals surface area contributed by atoms with E-state index in [0.29, 0.717) is 12.1 Å². The number of benzene rings is 3. The largest absolute Gasteiger partial charge is 0.423 e. The van der Waals surface area contributed by atoms with E-state index in [9.17, 15) is 4.79 Å². The van der Waals surface area contributed by atoms with Crippen LogP contribution in [0.2, 0.25) is 0 Å². The van der Waals surface area contributed by atoms with Crippen molar-refractivity contribution >= 4 is 11.0 Å². The topological polar surface area (TPSA) is 42.2 Å². The van der Waals surface area contributed by atoms with Crippen LogP contribution in [0.4, 0.5) is 0 Å². The third-order valence-corrected chi connectivity index (χ3v) is 6.07. The lowest BCUT2D eigenvalue weighted by Gasteiger charge is -2.20. The van der Waals surface area contributed by atoms with Gasteiger partial charge in [0, 0.05) is 24.0 Å². The van der Waals surface area contributed by atoms with Gasteiger partial charge in [0.05, 0.1) is 0 Å². The highest BCUT2D eigenvalue weighted by Gasteiger charge is 2.17. The molecule has 5 rings (SSSR count). The lowest BCUT2D eigenvalue weighted by Crippen LogP contribution is -2.23. The van der Waals surface area contributed by atoms with Gasteiger partial charge < -0.3 is 9.73 Å². The summed E-state index contributed by atoms with van der Waals surface area (Å²) in [6.45, 7) is 0.618. The number of rotatable bonds is 6. The van der Waals surface area contributed by atoms with Crippen molar-refractivity contribution in [3.05, 3.63) is 117 Å². The molecular weight excluding hydrogens is 370 g/mol. The molecule has 0 radical (unpaired) electrons. The van der Waals surface area contributed by atoms with Crippen LogP contribution in [0.3, 0.4) is 0 Å². The molecule has 0 aliphatic heterocycles. The summed E-state index contributed by atoms with van der Waals surface area (Å²) in [6, 6.07) is 27.1. The van der Waals surface area contributed by atoms with Gasteiger partial charge in [-0.2, -0.15) is 0 Å². The van der Waals surface area contributed by atoms with Crippen molar-refractivity contribution in [2.24, 2.45) is 0 Å². The lowest BCUT2D eigenvalue weighted by molar-refractivity contribution is 0.524. The van der Waals surface area contributed by atoms with Gasteiger partial charge in [0.1, 0.15) is 5.58 Å². The van der Waals surface area contributed by atoms with E-state index >= 15 is 0 Å². The van der Waals surface area contributed by atoms with E-state index in [0.717, 1.165) is 30.2 Å². The quantitative estimate of drug-likeness (QED) is 0.447. The van der Waals surface area contributed by atoms with Gasteiger partial charge in [0.2, 0.25) is 0 Å². The second kappa shape index (κ2) is 8.29. The molecule has 3 aromatic carbocycles. The van der Waals surface area contributed by atoms with Gasteiger partial charge in [0.25, 0.3) is 0 Å². The minimum atomic E-state index is -0.281. The molecule has 0 saturated heterocycles. The number of aryl methyl sites for hydroxylation is 2. The SMILES string of the molecule is O=c1cc(CNC(Cc2ccccc2)c2ccccc2)c2cc3c(cc2o1)CCC3. The molecule has 0 amide bonds. The molecule has 1 atom stereocenters. The van der Waals surface area contributed by atoms with Crippen LogP contribution in [0.15, 0.2) is 88.1 Å². The van der Waals surface area contributed by atoms with E-state index in [1.807, 2.05) is 12.1 Å². The highest BCUT2D eigenvalue weighted by Crippen LogP contribution is 2.29. The third kappa shape index (κ3) is 3.94. The number of hydrogen-bond acceptors (Lipinski definition) is 3. The Hall–Kier alpha value is -3.17. The average molecular weight is 396 g/mol. The number of hydrogen-bond donors (Lipinski definition) is 1. The maximum atomic E-state index is 12.2. The number of nitrogens with one attached hydrogen (secondary N) is 1. The Morgan fingerprint density at radius 3 is 2.33 bits per heavy atom. The molecule has 30 heavy (non-hydrogen) atoms. The van der Waals surface area contributed by atoms with Crippen LogP contribution in [-0.2, 0) is 25.8 Å². The van der Waals surface area contributed by atoms with Crippen LogP contribution >= 0.6 is 0 Å². The summed E-state index contributed by atoms with van der Waals surface area (Å²) in [6.07, 6.45) is 4.25. The molecule has 3 nitrogen and oxygen atoms in total. The molecule has 150 valence electrons. The molecule has 0 fully saturated rings. The second-order valence-corrected chi connectivity index (χ2v) is 8.10. The van der Waals surface area contributed by atoms with Gasteiger partial charge in [-0.15, -0.1) is 0 Å². The van der Waals surface area contributed by atoms with Crippen molar-refractivity contribution in [3.63, 3.8) is 0 Å². The van der Waals surface area contributed by atoms with Crippen LogP contribution < -0.4 is 10.9 Å². The highest BCUT2D eigenvalue weighted by atomic mass is 16.4.